The molecule has 3 N–H and O–H groups in total. The first-order valence-corrected chi connectivity index (χ1v) is 7.04. The molecule has 1 aliphatic heterocycles. The second-order valence-electron chi connectivity index (χ2n) is 5.45. The van der Waals surface area contributed by atoms with Gasteiger partial charge in [-0.2, -0.15) is 0 Å². The van der Waals surface area contributed by atoms with Crippen LogP contribution in [0.5, 0.6) is 5.75 Å². The normalized spacial score (nSPS) is 19.0. The summed E-state index contributed by atoms with van der Waals surface area (Å²) in [5.74, 6) is 1.43. The number of hydrogen-bond donors (Lipinski definition) is 2. The maximum absolute atomic E-state index is 11.9. The average molecular weight is 277 g/mol. The quantitative estimate of drug-likeness (QED) is 0.807. The molecule has 0 aliphatic carbocycles. The van der Waals surface area contributed by atoms with Gasteiger partial charge in [0, 0.05) is 25.6 Å². The summed E-state index contributed by atoms with van der Waals surface area (Å²) in [6.45, 7) is 5.25. The third-order valence-electron chi connectivity index (χ3n) is 3.70. The van der Waals surface area contributed by atoms with Crippen LogP contribution in [0.3, 0.4) is 0 Å². The number of nitrogens with zero attached hydrogens (tertiary/aromatic N) is 1. The number of benzene rings is 1. The molecule has 1 amide bonds. The Morgan fingerprint density at radius 3 is 2.95 bits per heavy atom. The maximum atomic E-state index is 11.9. The number of nitrogen functional groups attached to an aromatic ring is 1. The fraction of sp³-hybridized carbons (Fsp3) is 0.533. The number of carbonyl (C=O) groups excluding carboxylic acids is 1. The SMILES string of the molecule is COc1ccc(NC(=O)CCN2CCC(C)C2)c(N)c1. The van der Waals surface area contributed by atoms with Crippen molar-refractivity contribution < 1.29 is 9.53 Å². The van der Waals surface area contributed by atoms with Crippen molar-refractivity contribution in [2.45, 2.75) is 19.8 Å². The van der Waals surface area contributed by atoms with Crippen LogP contribution < -0.4 is 15.8 Å². The van der Waals surface area contributed by atoms with Gasteiger partial charge in [-0.15, -0.1) is 0 Å². The Morgan fingerprint density at radius 1 is 1.55 bits per heavy atom. The zero-order valence-corrected chi connectivity index (χ0v) is 12.2. The first kappa shape index (κ1) is 14.7. The van der Waals surface area contributed by atoms with Crippen molar-refractivity contribution in [2.75, 3.05) is 37.8 Å². The van der Waals surface area contributed by atoms with E-state index in [1.807, 2.05) is 0 Å². The minimum Gasteiger partial charge on any atom is -0.497 e. The molecule has 2 rings (SSSR count). The standard InChI is InChI=1S/C15H23N3O2/c1-11-5-7-18(10-11)8-6-15(19)17-14-4-3-12(20-2)9-13(14)16/h3-4,9,11H,5-8,10,16H2,1-2H3,(H,17,19). The smallest absolute Gasteiger partial charge is 0.225 e. The molecule has 5 heteroatoms. The van der Waals surface area contributed by atoms with E-state index >= 15 is 0 Å². The number of anilines is 2. The third-order valence-corrected chi connectivity index (χ3v) is 3.70. The van der Waals surface area contributed by atoms with Gasteiger partial charge in [-0.25, -0.2) is 0 Å². The van der Waals surface area contributed by atoms with Crippen LogP contribution in [-0.2, 0) is 4.79 Å². The van der Waals surface area contributed by atoms with Gasteiger partial charge in [0.05, 0.1) is 18.5 Å². The molecule has 0 bridgehead atoms. The highest BCUT2D eigenvalue weighted by Crippen LogP contribution is 2.24. The van der Waals surface area contributed by atoms with Crippen molar-refractivity contribution in [2.24, 2.45) is 5.92 Å². The lowest BCUT2D eigenvalue weighted by Crippen LogP contribution is -2.25. The molecule has 0 spiro atoms. The predicted molar refractivity (Wildman–Crippen MR) is 80.9 cm³/mol. The molecule has 0 aromatic heterocycles. The summed E-state index contributed by atoms with van der Waals surface area (Å²) < 4.78 is 5.08. The molecule has 0 saturated carbocycles. The van der Waals surface area contributed by atoms with Gasteiger partial charge in [0.15, 0.2) is 0 Å². The molecular weight excluding hydrogens is 254 g/mol. The number of methoxy groups -OCH3 is 1. The lowest BCUT2D eigenvalue weighted by Gasteiger charge is -2.15. The third kappa shape index (κ3) is 3.87. The molecule has 110 valence electrons. The first-order chi connectivity index (χ1) is 9.58. The molecule has 1 unspecified atom stereocenters. The van der Waals surface area contributed by atoms with Crippen LogP contribution in [-0.4, -0.2) is 37.6 Å². The van der Waals surface area contributed by atoms with E-state index in [9.17, 15) is 4.79 Å². The molecule has 0 radical (unpaired) electrons. The van der Waals surface area contributed by atoms with Gasteiger partial charge in [0.25, 0.3) is 0 Å². The van der Waals surface area contributed by atoms with E-state index < -0.39 is 0 Å². The number of amides is 1. The average Bonchev–Trinajstić information content (AvgIpc) is 2.84. The van der Waals surface area contributed by atoms with Gasteiger partial charge in [0.1, 0.15) is 5.75 Å². The van der Waals surface area contributed by atoms with Gasteiger partial charge >= 0.3 is 0 Å². The van der Waals surface area contributed by atoms with Crippen LogP contribution in [0, 0.1) is 5.92 Å². The van der Waals surface area contributed by atoms with Crippen LogP contribution >= 0.6 is 0 Å². The van der Waals surface area contributed by atoms with E-state index in [2.05, 4.69) is 17.1 Å². The Kier molecular flexibility index (Phi) is 4.84. The van der Waals surface area contributed by atoms with Crippen LogP contribution in [0.25, 0.3) is 0 Å². The van der Waals surface area contributed by atoms with E-state index in [4.69, 9.17) is 10.5 Å². The van der Waals surface area contributed by atoms with Gasteiger partial charge in [0.2, 0.25) is 5.91 Å². The Balaban J connectivity index is 1.82. The van der Waals surface area contributed by atoms with E-state index in [1.54, 1.807) is 25.3 Å². The highest BCUT2D eigenvalue weighted by atomic mass is 16.5. The van der Waals surface area contributed by atoms with E-state index in [-0.39, 0.29) is 5.91 Å². The topological polar surface area (TPSA) is 67.6 Å². The zero-order valence-electron chi connectivity index (χ0n) is 12.2. The highest BCUT2D eigenvalue weighted by molar-refractivity contribution is 5.94. The molecule has 1 aromatic rings. The van der Waals surface area contributed by atoms with Crippen molar-refractivity contribution in [3.63, 3.8) is 0 Å². The fourth-order valence-electron chi connectivity index (χ4n) is 2.48. The molecular formula is C15H23N3O2. The van der Waals surface area contributed by atoms with Crippen molar-refractivity contribution in [1.82, 2.24) is 4.90 Å². The molecule has 1 heterocycles. The summed E-state index contributed by atoms with van der Waals surface area (Å²) in [5, 5.41) is 2.85. The summed E-state index contributed by atoms with van der Waals surface area (Å²) in [7, 11) is 1.59. The lowest BCUT2D eigenvalue weighted by molar-refractivity contribution is -0.116. The molecule has 1 fully saturated rings. The second kappa shape index (κ2) is 6.61. The number of likely N-dealkylation sites (tertiary alicyclic amines) is 1. The van der Waals surface area contributed by atoms with Crippen molar-refractivity contribution >= 4 is 17.3 Å². The highest BCUT2D eigenvalue weighted by Gasteiger charge is 2.19. The molecule has 20 heavy (non-hydrogen) atoms. The lowest BCUT2D eigenvalue weighted by atomic mass is 10.2. The summed E-state index contributed by atoms with van der Waals surface area (Å²) in [4.78, 5) is 14.3. The van der Waals surface area contributed by atoms with Crippen molar-refractivity contribution in [3.8, 4) is 5.75 Å². The number of nitrogens with two attached hydrogens (primary N) is 1. The Labute approximate surface area is 120 Å². The molecule has 1 aliphatic rings. The number of ether oxygens (including phenoxy) is 1. The second-order valence-corrected chi connectivity index (χ2v) is 5.45. The van der Waals surface area contributed by atoms with Gasteiger partial charge in [-0.1, -0.05) is 6.92 Å². The van der Waals surface area contributed by atoms with Crippen LogP contribution in [0.4, 0.5) is 11.4 Å². The summed E-state index contributed by atoms with van der Waals surface area (Å²) in [6, 6.07) is 5.26. The minimum atomic E-state index is 0.00131. The monoisotopic (exact) mass is 277 g/mol. The Bertz CT molecular complexity index is 476. The van der Waals surface area contributed by atoms with Gasteiger partial charge in [-0.05, 0) is 31.0 Å². The molecule has 5 nitrogen and oxygen atoms in total. The van der Waals surface area contributed by atoms with E-state index in [0.717, 1.165) is 25.6 Å². The van der Waals surface area contributed by atoms with Crippen molar-refractivity contribution in [1.29, 1.82) is 0 Å². The van der Waals surface area contributed by atoms with Crippen LogP contribution in [0.1, 0.15) is 19.8 Å². The fourth-order valence-corrected chi connectivity index (χ4v) is 2.48. The number of carbonyl (C=O) groups is 1. The number of hydrogen-bond acceptors (Lipinski definition) is 4. The molecule has 1 atom stereocenters. The van der Waals surface area contributed by atoms with Crippen LogP contribution in [0.15, 0.2) is 18.2 Å². The maximum Gasteiger partial charge on any atom is 0.225 e. The molecule has 1 saturated heterocycles. The minimum absolute atomic E-state index is 0.00131. The number of nitrogens with one attached hydrogen (secondary N) is 1. The largest absolute Gasteiger partial charge is 0.497 e. The molecule has 1 aromatic carbocycles. The van der Waals surface area contributed by atoms with Crippen LogP contribution in [0.2, 0.25) is 0 Å². The van der Waals surface area contributed by atoms with E-state index in [1.165, 1.54) is 6.42 Å². The Hall–Kier alpha value is -1.75. The predicted octanol–water partition coefficient (Wildman–Crippen LogP) is 1.95. The summed E-state index contributed by atoms with van der Waals surface area (Å²) in [5.41, 5.74) is 7.04. The first-order valence-electron chi connectivity index (χ1n) is 7.04. The van der Waals surface area contributed by atoms with Crippen molar-refractivity contribution in [3.05, 3.63) is 18.2 Å². The summed E-state index contributed by atoms with van der Waals surface area (Å²) in [6.07, 6.45) is 1.73. The van der Waals surface area contributed by atoms with E-state index in [0.29, 0.717) is 23.5 Å². The number of rotatable bonds is 5. The van der Waals surface area contributed by atoms with Gasteiger partial charge < -0.3 is 20.7 Å². The zero-order chi connectivity index (χ0) is 14.5. The Morgan fingerprint density at radius 2 is 2.35 bits per heavy atom. The summed E-state index contributed by atoms with van der Waals surface area (Å²) >= 11 is 0. The van der Waals surface area contributed by atoms with Gasteiger partial charge in [-0.3, -0.25) is 4.79 Å².